The molecule has 1 saturated heterocycles. The quantitative estimate of drug-likeness (QED) is 0.290. The number of nitrogens with one attached hydrogen (secondary N) is 1. The number of halogens is 3. The SMILES string of the molecule is COc1ccc([C@@H]2c3sc(=O)n(CC(=O)Nc4ccccc4)c3S[C@@H]3C(=O)N(c4cccc(C(F)(F)F)c4)C(=O)[C@H]23)cc1. The molecule has 0 spiro atoms. The number of aromatic nitrogens is 1. The number of carbonyl (C=O) groups is 3. The maximum Gasteiger partial charge on any atom is 0.416 e. The second-order valence-electron chi connectivity index (χ2n) is 9.91. The van der Waals surface area contributed by atoms with Crippen LogP contribution in [0.15, 0.2) is 88.7 Å². The van der Waals surface area contributed by atoms with Gasteiger partial charge in [0.2, 0.25) is 17.7 Å². The number of nitrogens with zero attached hydrogens (tertiary/aromatic N) is 2. The van der Waals surface area contributed by atoms with Crippen molar-refractivity contribution < 1.29 is 32.3 Å². The number of rotatable bonds is 6. The normalized spacial score (nSPS) is 19.6. The van der Waals surface area contributed by atoms with Crippen molar-refractivity contribution in [1.29, 1.82) is 0 Å². The molecule has 1 aromatic heterocycles. The van der Waals surface area contributed by atoms with E-state index in [1.807, 2.05) is 0 Å². The van der Waals surface area contributed by atoms with Crippen molar-refractivity contribution in [3.05, 3.63) is 105 Å². The van der Waals surface area contributed by atoms with Crippen LogP contribution in [0.1, 0.15) is 21.9 Å². The average molecular weight is 626 g/mol. The second-order valence-corrected chi connectivity index (χ2v) is 12.0. The molecule has 3 aromatic carbocycles. The number of hydrogen-bond donors (Lipinski definition) is 1. The van der Waals surface area contributed by atoms with Crippen LogP contribution in [0.3, 0.4) is 0 Å². The van der Waals surface area contributed by atoms with E-state index in [0.29, 0.717) is 26.9 Å². The van der Waals surface area contributed by atoms with Gasteiger partial charge in [0.15, 0.2) is 0 Å². The van der Waals surface area contributed by atoms with Crippen LogP contribution >= 0.6 is 23.1 Å². The van der Waals surface area contributed by atoms with E-state index in [0.717, 1.165) is 46.2 Å². The van der Waals surface area contributed by atoms with Gasteiger partial charge in [-0.3, -0.25) is 23.7 Å². The summed E-state index contributed by atoms with van der Waals surface area (Å²) in [5.74, 6) is -3.04. The zero-order chi connectivity index (χ0) is 30.5. The lowest BCUT2D eigenvalue weighted by Crippen LogP contribution is -2.33. The first kappa shape index (κ1) is 28.7. The van der Waals surface area contributed by atoms with Crippen molar-refractivity contribution in [3.63, 3.8) is 0 Å². The van der Waals surface area contributed by atoms with Gasteiger partial charge in [-0.2, -0.15) is 13.2 Å². The number of imide groups is 1. The van der Waals surface area contributed by atoms with E-state index in [-0.39, 0.29) is 12.2 Å². The lowest BCUT2D eigenvalue weighted by molar-refractivity contribution is -0.137. The van der Waals surface area contributed by atoms with Crippen molar-refractivity contribution >= 4 is 52.2 Å². The third-order valence-corrected chi connectivity index (χ3v) is 9.92. The predicted octanol–water partition coefficient (Wildman–Crippen LogP) is 5.37. The fourth-order valence-corrected chi connectivity index (χ4v) is 8.14. The lowest BCUT2D eigenvalue weighted by Gasteiger charge is -2.30. The highest BCUT2D eigenvalue weighted by atomic mass is 32.2. The van der Waals surface area contributed by atoms with E-state index in [2.05, 4.69) is 5.32 Å². The maximum absolute atomic E-state index is 13.9. The van der Waals surface area contributed by atoms with Crippen LogP contribution in [0.25, 0.3) is 0 Å². The monoisotopic (exact) mass is 625 g/mol. The molecular formula is C30H22F3N3O5S2. The Morgan fingerprint density at radius 2 is 1.67 bits per heavy atom. The maximum atomic E-state index is 13.9. The smallest absolute Gasteiger partial charge is 0.416 e. The number of alkyl halides is 3. The molecule has 8 nitrogen and oxygen atoms in total. The van der Waals surface area contributed by atoms with Crippen molar-refractivity contribution in [2.75, 3.05) is 17.3 Å². The molecule has 0 radical (unpaired) electrons. The number of thioether (sulfide) groups is 1. The van der Waals surface area contributed by atoms with Gasteiger partial charge >= 0.3 is 11.0 Å². The zero-order valence-electron chi connectivity index (χ0n) is 22.3. The largest absolute Gasteiger partial charge is 0.497 e. The summed E-state index contributed by atoms with van der Waals surface area (Å²) >= 11 is 1.86. The van der Waals surface area contributed by atoms with Crippen LogP contribution in [0.2, 0.25) is 0 Å². The predicted molar refractivity (Wildman–Crippen MR) is 156 cm³/mol. The fraction of sp³-hybridized carbons (Fsp3) is 0.200. The van der Waals surface area contributed by atoms with Gasteiger partial charge in [-0.15, -0.1) is 0 Å². The minimum atomic E-state index is -4.67. The Balaban J connectivity index is 1.42. The van der Waals surface area contributed by atoms with E-state index in [9.17, 15) is 32.3 Å². The number of fused-ring (bicyclic) bond motifs is 2. The molecule has 6 rings (SSSR count). The number of anilines is 2. The second kappa shape index (κ2) is 11.0. The van der Waals surface area contributed by atoms with E-state index >= 15 is 0 Å². The van der Waals surface area contributed by atoms with E-state index in [1.165, 1.54) is 17.7 Å². The van der Waals surface area contributed by atoms with Gasteiger partial charge < -0.3 is 10.1 Å². The van der Waals surface area contributed by atoms with E-state index in [1.54, 1.807) is 54.6 Å². The molecule has 1 fully saturated rings. The summed E-state index contributed by atoms with van der Waals surface area (Å²) in [6, 6.07) is 19.6. The summed E-state index contributed by atoms with van der Waals surface area (Å²) < 4.78 is 47.0. The average Bonchev–Trinajstić information content (AvgIpc) is 3.43. The number of hydrogen-bond acceptors (Lipinski definition) is 7. The third kappa shape index (κ3) is 5.23. The molecule has 220 valence electrons. The first-order chi connectivity index (χ1) is 20.6. The molecule has 3 atom stereocenters. The van der Waals surface area contributed by atoms with Crippen LogP contribution < -0.4 is 19.8 Å². The summed E-state index contributed by atoms with van der Waals surface area (Å²) in [5.41, 5.74) is -0.0122. The minimum Gasteiger partial charge on any atom is -0.497 e. The molecule has 0 aliphatic carbocycles. The van der Waals surface area contributed by atoms with Crippen LogP contribution in [0.5, 0.6) is 5.75 Å². The lowest BCUT2D eigenvalue weighted by atomic mass is 9.83. The van der Waals surface area contributed by atoms with Crippen LogP contribution in [0.4, 0.5) is 24.5 Å². The van der Waals surface area contributed by atoms with E-state index in [4.69, 9.17) is 4.74 Å². The summed E-state index contributed by atoms with van der Waals surface area (Å²) in [6.45, 7) is -0.335. The Morgan fingerprint density at radius 1 is 0.953 bits per heavy atom. The summed E-state index contributed by atoms with van der Waals surface area (Å²) in [6.07, 6.45) is -4.67. The Labute approximate surface area is 251 Å². The summed E-state index contributed by atoms with van der Waals surface area (Å²) in [4.78, 5) is 54.8. The van der Waals surface area contributed by atoms with Gasteiger partial charge in [0.05, 0.1) is 29.3 Å². The topological polar surface area (TPSA) is 97.7 Å². The Bertz CT molecular complexity index is 1790. The van der Waals surface area contributed by atoms with Gasteiger partial charge in [-0.1, -0.05) is 59.5 Å². The Hall–Kier alpha value is -4.36. The number of benzene rings is 3. The fourth-order valence-electron chi connectivity index (χ4n) is 5.37. The molecule has 0 unspecified atom stereocenters. The van der Waals surface area contributed by atoms with Crippen molar-refractivity contribution in [2.45, 2.75) is 28.9 Å². The van der Waals surface area contributed by atoms with Crippen LogP contribution in [-0.4, -0.2) is 34.6 Å². The molecule has 4 aromatic rings. The standard InChI is InChI=1S/C30H22F3N3O5S2/c1-41-20-12-10-16(11-13-20)22-23-24(27(39)36(26(23)38)19-9-5-6-17(14-19)30(31,32)33)42-28-25(22)43-29(40)35(28)15-21(37)34-18-7-3-2-4-8-18/h2-14,22-24H,15H2,1H3,(H,34,37)/t22-,23+,24-/m0/s1. The molecule has 43 heavy (non-hydrogen) atoms. The molecule has 0 bridgehead atoms. The summed E-state index contributed by atoms with van der Waals surface area (Å²) in [5, 5.41) is 2.06. The molecule has 3 heterocycles. The number of carbonyl (C=O) groups excluding carboxylic acids is 3. The third-order valence-electron chi connectivity index (χ3n) is 7.32. The van der Waals surface area contributed by atoms with Gasteiger partial charge in [0.25, 0.3) is 0 Å². The highest BCUT2D eigenvalue weighted by Gasteiger charge is 2.57. The number of para-hydroxylation sites is 1. The molecule has 0 saturated carbocycles. The highest BCUT2D eigenvalue weighted by Crippen LogP contribution is 2.54. The van der Waals surface area contributed by atoms with Crippen LogP contribution in [0, 0.1) is 5.92 Å². The molecule has 1 N–H and O–H groups in total. The zero-order valence-corrected chi connectivity index (χ0v) is 24.0. The molecule has 2 aliphatic heterocycles. The first-order valence-electron chi connectivity index (χ1n) is 13.0. The highest BCUT2D eigenvalue weighted by molar-refractivity contribution is 8.00. The molecule has 13 heteroatoms. The van der Waals surface area contributed by atoms with Crippen LogP contribution in [-0.2, 0) is 27.1 Å². The van der Waals surface area contributed by atoms with Gasteiger partial charge in [-0.05, 0) is 48.0 Å². The van der Waals surface area contributed by atoms with Gasteiger partial charge in [0, 0.05) is 16.5 Å². The minimum absolute atomic E-state index is 0.184. The van der Waals surface area contributed by atoms with Gasteiger partial charge in [-0.25, -0.2) is 4.90 Å². The Morgan fingerprint density at radius 3 is 2.35 bits per heavy atom. The van der Waals surface area contributed by atoms with Crippen molar-refractivity contribution in [1.82, 2.24) is 4.57 Å². The van der Waals surface area contributed by atoms with Gasteiger partial charge in [0.1, 0.15) is 17.5 Å². The van der Waals surface area contributed by atoms with Crippen molar-refractivity contribution in [2.24, 2.45) is 5.92 Å². The number of thiazole rings is 1. The number of amides is 3. The number of methoxy groups -OCH3 is 1. The summed E-state index contributed by atoms with van der Waals surface area (Å²) in [7, 11) is 1.50. The number of ether oxygens (including phenoxy) is 1. The van der Waals surface area contributed by atoms with E-state index < -0.39 is 51.4 Å². The molecular weight excluding hydrogens is 603 g/mol. The van der Waals surface area contributed by atoms with Crippen molar-refractivity contribution in [3.8, 4) is 5.75 Å². The molecule has 2 aliphatic rings. The first-order valence-corrected chi connectivity index (χ1v) is 14.7. The Kier molecular flexibility index (Phi) is 7.38. The molecule has 3 amide bonds.